The number of nitrogens with zero attached hydrogens (tertiary/aromatic N) is 3. The fraction of sp³-hybridized carbons (Fsp3) is 0.312. The topological polar surface area (TPSA) is 48.8 Å². The van der Waals surface area contributed by atoms with E-state index in [1.54, 1.807) is 4.68 Å². The Balaban J connectivity index is 2.08. The van der Waals surface area contributed by atoms with Crippen molar-refractivity contribution in [2.24, 2.45) is 12.8 Å². The summed E-state index contributed by atoms with van der Waals surface area (Å²) in [6, 6.07) is 8.49. The van der Waals surface area contributed by atoms with E-state index in [9.17, 15) is 0 Å². The van der Waals surface area contributed by atoms with E-state index in [0.29, 0.717) is 11.7 Å². The summed E-state index contributed by atoms with van der Waals surface area (Å²) in [5.74, 6) is 0. The first-order valence-electron chi connectivity index (χ1n) is 7.06. The summed E-state index contributed by atoms with van der Waals surface area (Å²) in [6.07, 6.45) is 2.98. The van der Waals surface area contributed by atoms with Crippen molar-refractivity contribution in [1.82, 2.24) is 14.3 Å². The molecule has 5 heteroatoms. The second-order valence-corrected chi connectivity index (χ2v) is 5.67. The van der Waals surface area contributed by atoms with Gasteiger partial charge in [0, 0.05) is 18.8 Å². The van der Waals surface area contributed by atoms with Gasteiger partial charge in [-0.3, -0.25) is 4.68 Å². The maximum atomic E-state index is 6.35. The van der Waals surface area contributed by atoms with Gasteiger partial charge in [0.25, 0.3) is 0 Å². The Morgan fingerprint density at radius 1 is 1.29 bits per heavy atom. The van der Waals surface area contributed by atoms with Crippen molar-refractivity contribution in [3.05, 3.63) is 52.4 Å². The summed E-state index contributed by atoms with van der Waals surface area (Å²) in [6.45, 7) is 3.37. The summed E-state index contributed by atoms with van der Waals surface area (Å²) >= 11 is 6.35. The Morgan fingerprint density at radius 2 is 2.10 bits per heavy atom. The van der Waals surface area contributed by atoms with Crippen LogP contribution in [-0.2, 0) is 20.0 Å². The van der Waals surface area contributed by atoms with Gasteiger partial charge >= 0.3 is 0 Å². The Morgan fingerprint density at radius 3 is 2.76 bits per heavy atom. The molecule has 0 aliphatic heterocycles. The molecule has 2 heterocycles. The predicted molar refractivity (Wildman–Crippen MR) is 86.8 cm³/mol. The maximum absolute atomic E-state index is 6.35. The molecule has 0 unspecified atom stereocenters. The van der Waals surface area contributed by atoms with E-state index in [4.69, 9.17) is 17.3 Å². The monoisotopic (exact) mass is 302 g/mol. The smallest absolute Gasteiger partial charge is 0.131 e. The van der Waals surface area contributed by atoms with E-state index in [1.165, 1.54) is 16.5 Å². The quantitative estimate of drug-likeness (QED) is 0.805. The third-order valence-electron chi connectivity index (χ3n) is 3.88. The van der Waals surface area contributed by atoms with Gasteiger partial charge in [0.1, 0.15) is 5.15 Å². The van der Waals surface area contributed by atoms with E-state index in [0.717, 1.165) is 24.2 Å². The van der Waals surface area contributed by atoms with Crippen LogP contribution >= 0.6 is 11.6 Å². The summed E-state index contributed by atoms with van der Waals surface area (Å²) in [5, 5.41) is 6.32. The number of para-hydroxylation sites is 1. The summed E-state index contributed by atoms with van der Waals surface area (Å²) in [4.78, 5) is 0. The number of hydrogen-bond acceptors (Lipinski definition) is 2. The molecule has 3 rings (SSSR count). The number of aryl methyl sites for hydroxylation is 2. The van der Waals surface area contributed by atoms with Gasteiger partial charge < -0.3 is 10.3 Å². The van der Waals surface area contributed by atoms with Gasteiger partial charge in [0.2, 0.25) is 0 Å². The van der Waals surface area contributed by atoms with Gasteiger partial charge in [-0.1, -0.05) is 29.8 Å². The Kier molecular flexibility index (Phi) is 3.74. The summed E-state index contributed by atoms with van der Waals surface area (Å²) < 4.78 is 3.95. The highest BCUT2D eigenvalue weighted by atomic mass is 35.5. The number of benzene rings is 1. The molecular formula is C16H19ClN4. The van der Waals surface area contributed by atoms with Gasteiger partial charge in [-0.25, -0.2) is 0 Å². The highest BCUT2D eigenvalue weighted by molar-refractivity contribution is 6.30. The minimum atomic E-state index is 0.650. The van der Waals surface area contributed by atoms with Crippen LogP contribution in [0.25, 0.3) is 10.9 Å². The molecule has 3 aromatic rings. The van der Waals surface area contributed by atoms with Crippen molar-refractivity contribution in [3.8, 4) is 0 Å². The minimum absolute atomic E-state index is 0.650. The summed E-state index contributed by atoms with van der Waals surface area (Å²) in [5.41, 5.74) is 10.3. The van der Waals surface area contributed by atoms with Crippen molar-refractivity contribution in [2.45, 2.75) is 19.9 Å². The van der Waals surface area contributed by atoms with Crippen LogP contribution in [0, 0.1) is 6.92 Å². The van der Waals surface area contributed by atoms with Gasteiger partial charge in [0.15, 0.2) is 0 Å². The zero-order chi connectivity index (χ0) is 15.0. The lowest BCUT2D eigenvalue weighted by molar-refractivity contribution is 0.757. The standard InChI is InChI=1S/C16H19ClN4/c1-11-14(16(17)20(2)19-11)10-21-9-7-13-5-3-4-12(6-8-18)15(13)21/h3-5,7,9H,6,8,10,18H2,1-2H3. The third kappa shape index (κ3) is 2.45. The predicted octanol–water partition coefficient (Wildman–Crippen LogP) is 2.89. The normalized spacial score (nSPS) is 11.4. The fourth-order valence-electron chi connectivity index (χ4n) is 2.85. The lowest BCUT2D eigenvalue weighted by Crippen LogP contribution is -2.06. The fourth-order valence-corrected chi connectivity index (χ4v) is 3.09. The minimum Gasteiger partial charge on any atom is -0.343 e. The molecule has 2 aromatic heterocycles. The molecule has 2 N–H and O–H groups in total. The first-order chi connectivity index (χ1) is 10.1. The first-order valence-corrected chi connectivity index (χ1v) is 7.44. The molecule has 0 aliphatic rings. The SMILES string of the molecule is Cc1nn(C)c(Cl)c1Cn1ccc2cccc(CCN)c21. The molecule has 4 nitrogen and oxygen atoms in total. The van der Waals surface area contributed by atoms with Crippen LogP contribution in [0.1, 0.15) is 16.8 Å². The van der Waals surface area contributed by atoms with E-state index in [2.05, 4.69) is 40.1 Å². The van der Waals surface area contributed by atoms with E-state index in [-0.39, 0.29) is 0 Å². The lowest BCUT2D eigenvalue weighted by atomic mass is 10.1. The number of rotatable bonds is 4. The highest BCUT2D eigenvalue weighted by Crippen LogP contribution is 2.25. The molecule has 21 heavy (non-hydrogen) atoms. The molecule has 0 amide bonds. The molecule has 0 aliphatic carbocycles. The van der Waals surface area contributed by atoms with Crippen molar-refractivity contribution in [2.75, 3.05) is 6.54 Å². The molecule has 0 spiro atoms. The van der Waals surface area contributed by atoms with Crippen molar-refractivity contribution in [3.63, 3.8) is 0 Å². The highest BCUT2D eigenvalue weighted by Gasteiger charge is 2.13. The van der Waals surface area contributed by atoms with Crippen LogP contribution in [0.5, 0.6) is 0 Å². The van der Waals surface area contributed by atoms with E-state index >= 15 is 0 Å². The van der Waals surface area contributed by atoms with Gasteiger partial charge in [-0.2, -0.15) is 5.10 Å². The van der Waals surface area contributed by atoms with Crippen LogP contribution in [0.2, 0.25) is 5.15 Å². The maximum Gasteiger partial charge on any atom is 0.131 e. The Hall–Kier alpha value is -1.78. The van der Waals surface area contributed by atoms with Gasteiger partial charge in [-0.05, 0) is 36.9 Å². The van der Waals surface area contributed by atoms with Gasteiger partial charge in [-0.15, -0.1) is 0 Å². The Bertz CT molecular complexity index is 785. The Labute approximate surface area is 129 Å². The molecule has 0 fully saturated rings. The molecule has 110 valence electrons. The lowest BCUT2D eigenvalue weighted by Gasteiger charge is -2.09. The van der Waals surface area contributed by atoms with Crippen LogP contribution in [0.3, 0.4) is 0 Å². The van der Waals surface area contributed by atoms with Crippen LogP contribution in [0.15, 0.2) is 30.5 Å². The number of fused-ring (bicyclic) bond motifs is 1. The molecule has 0 atom stereocenters. The van der Waals surface area contributed by atoms with Crippen molar-refractivity contribution in [1.29, 1.82) is 0 Å². The number of hydrogen-bond donors (Lipinski definition) is 1. The molecular weight excluding hydrogens is 284 g/mol. The average molecular weight is 303 g/mol. The molecule has 1 aromatic carbocycles. The number of halogens is 1. The van der Waals surface area contributed by atoms with Crippen LogP contribution in [-0.4, -0.2) is 20.9 Å². The largest absolute Gasteiger partial charge is 0.343 e. The summed E-state index contributed by atoms with van der Waals surface area (Å²) in [7, 11) is 1.87. The van der Waals surface area contributed by atoms with Crippen LogP contribution in [0.4, 0.5) is 0 Å². The third-order valence-corrected chi connectivity index (χ3v) is 4.36. The van der Waals surface area contributed by atoms with Crippen molar-refractivity contribution >= 4 is 22.5 Å². The van der Waals surface area contributed by atoms with Crippen molar-refractivity contribution < 1.29 is 0 Å². The van der Waals surface area contributed by atoms with E-state index < -0.39 is 0 Å². The first kappa shape index (κ1) is 14.2. The van der Waals surface area contributed by atoms with Gasteiger partial charge in [0.05, 0.1) is 17.8 Å². The molecule has 0 saturated heterocycles. The zero-order valence-electron chi connectivity index (χ0n) is 12.3. The average Bonchev–Trinajstić information content (AvgIpc) is 2.97. The molecule has 0 radical (unpaired) electrons. The number of nitrogens with two attached hydrogens (primary N) is 1. The second-order valence-electron chi connectivity index (χ2n) is 5.32. The molecule has 0 saturated carbocycles. The van der Waals surface area contributed by atoms with Crippen LogP contribution < -0.4 is 5.73 Å². The zero-order valence-corrected chi connectivity index (χ0v) is 13.1. The van der Waals surface area contributed by atoms with E-state index in [1.807, 2.05) is 14.0 Å². The number of aromatic nitrogens is 3. The second kappa shape index (κ2) is 5.54. The molecule has 0 bridgehead atoms.